The molecule has 2 heterocycles. The van der Waals surface area contributed by atoms with E-state index >= 15 is 0 Å². The van der Waals surface area contributed by atoms with Crippen LogP contribution in [0.5, 0.6) is 11.6 Å². The topological polar surface area (TPSA) is 69.7 Å². The molecule has 0 spiro atoms. The zero-order valence-electron chi connectivity index (χ0n) is 11.6. The third-order valence-corrected chi connectivity index (χ3v) is 3.41. The number of hydrogen-bond acceptors (Lipinski definition) is 4. The molecule has 1 aromatic carbocycles. The van der Waals surface area contributed by atoms with Crippen molar-refractivity contribution >= 4 is 11.5 Å². The Morgan fingerprint density at radius 1 is 1.19 bits per heavy atom. The molecule has 0 aliphatic rings. The Labute approximate surface area is 120 Å². The monoisotopic (exact) mass is 283 g/mol. The fourth-order valence-corrected chi connectivity index (χ4v) is 2.13. The maximum absolute atomic E-state index is 11.3. The summed E-state index contributed by atoms with van der Waals surface area (Å²) in [6.45, 7) is 3.87. The molecule has 0 fully saturated rings. The Kier molecular flexibility index (Phi) is 3.06. The van der Waals surface area contributed by atoms with Crippen molar-refractivity contribution in [3.8, 4) is 11.6 Å². The number of fused-ring (bicyclic) bond motifs is 1. The van der Waals surface area contributed by atoms with Crippen molar-refractivity contribution in [2.24, 2.45) is 0 Å². The highest BCUT2D eigenvalue weighted by Crippen LogP contribution is 2.33. The molecule has 0 aliphatic heterocycles. The first-order chi connectivity index (χ1) is 10.1. The molecule has 0 aliphatic carbocycles. The van der Waals surface area contributed by atoms with Crippen molar-refractivity contribution in [2.45, 2.75) is 13.8 Å². The first-order valence-corrected chi connectivity index (χ1v) is 6.43. The van der Waals surface area contributed by atoms with E-state index in [1.165, 1.54) is 4.40 Å². The summed E-state index contributed by atoms with van der Waals surface area (Å²) in [4.78, 5) is 15.0. The number of nitrogens with zero attached hydrogens (tertiary/aromatic N) is 3. The van der Waals surface area contributed by atoms with Gasteiger partial charge in [-0.1, -0.05) is 18.2 Å². The summed E-state index contributed by atoms with van der Waals surface area (Å²) in [5.74, 6) is 0.396. The van der Waals surface area contributed by atoms with E-state index in [-0.39, 0.29) is 11.7 Å². The highest BCUT2D eigenvalue weighted by Gasteiger charge is 2.24. The Balaban J connectivity index is 2.14. The third-order valence-electron chi connectivity index (χ3n) is 3.41. The molecule has 3 rings (SSSR count). The summed E-state index contributed by atoms with van der Waals surface area (Å²) in [6.07, 6.45) is 1.59. The van der Waals surface area contributed by atoms with E-state index in [9.17, 15) is 10.1 Å². The molecule has 106 valence electrons. The zero-order chi connectivity index (χ0) is 15.0. The van der Waals surface area contributed by atoms with Gasteiger partial charge in [-0.3, -0.25) is 0 Å². The van der Waals surface area contributed by atoms with Gasteiger partial charge >= 0.3 is 11.7 Å². The van der Waals surface area contributed by atoms with Crippen LogP contribution >= 0.6 is 0 Å². The Hall–Kier alpha value is -2.89. The van der Waals surface area contributed by atoms with Crippen LogP contribution in [0.15, 0.2) is 42.6 Å². The molecule has 3 aromatic rings. The van der Waals surface area contributed by atoms with E-state index in [2.05, 4.69) is 4.98 Å². The molecule has 0 bridgehead atoms. The van der Waals surface area contributed by atoms with Crippen molar-refractivity contribution in [1.82, 2.24) is 9.38 Å². The van der Waals surface area contributed by atoms with Gasteiger partial charge in [0.15, 0.2) is 0 Å². The number of pyridine rings is 1. The Morgan fingerprint density at radius 2 is 2.00 bits per heavy atom. The molecular formula is C15H13N3O3. The lowest BCUT2D eigenvalue weighted by Crippen LogP contribution is -1.97. The summed E-state index contributed by atoms with van der Waals surface area (Å²) >= 11 is 0. The van der Waals surface area contributed by atoms with E-state index < -0.39 is 4.92 Å². The predicted molar refractivity (Wildman–Crippen MR) is 77.8 cm³/mol. The van der Waals surface area contributed by atoms with Crippen molar-refractivity contribution in [3.63, 3.8) is 0 Å². The molecule has 0 amide bonds. The van der Waals surface area contributed by atoms with Crippen LogP contribution < -0.4 is 4.74 Å². The summed E-state index contributed by atoms with van der Waals surface area (Å²) in [5.41, 5.74) is 2.47. The van der Waals surface area contributed by atoms with Crippen molar-refractivity contribution in [3.05, 3.63) is 63.8 Å². The zero-order valence-corrected chi connectivity index (χ0v) is 11.6. The van der Waals surface area contributed by atoms with Gasteiger partial charge in [0.1, 0.15) is 5.75 Å². The molecule has 0 atom stereocenters. The van der Waals surface area contributed by atoms with Gasteiger partial charge in [-0.15, -0.1) is 0 Å². The van der Waals surface area contributed by atoms with Gasteiger partial charge in [0, 0.05) is 6.07 Å². The Bertz CT molecular complexity index is 839. The second kappa shape index (κ2) is 4.90. The van der Waals surface area contributed by atoms with Gasteiger partial charge in [0.2, 0.25) is 5.65 Å². The van der Waals surface area contributed by atoms with Crippen LogP contribution in [0.4, 0.5) is 5.82 Å². The van der Waals surface area contributed by atoms with Crippen LogP contribution in [0.2, 0.25) is 0 Å². The molecule has 0 saturated heterocycles. The number of nitro groups is 1. The number of hydrogen-bond donors (Lipinski definition) is 0. The molecule has 21 heavy (non-hydrogen) atoms. The normalized spacial score (nSPS) is 10.8. The lowest BCUT2D eigenvalue weighted by atomic mass is 10.1. The average Bonchev–Trinajstić information content (AvgIpc) is 2.82. The largest absolute Gasteiger partial charge is 0.432 e. The molecule has 2 aromatic heterocycles. The summed E-state index contributed by atoms with van der Waals surface area (Å²) in [5, 5.41) is 11.3. The van der Waals surface area contributed by atoms with E-state index in [1.54, 1.807) is 30.5 Å². The van der Waals surface area contributed by atoms with E-state index in [0.29, 0.717) is 11.4 Å². The van der Waals surface area contributed by atoms with Crippen LogP contribution in [0.25, 0.3) is 5.65 Å². The maximum Gasteiger partial charge on any atom is 0.392 e. The molecular weight excluding hydrogens is 270 g/mol. The second-order valence-electron chi connectivity index (χ2n) is 4.73. The third kappa shape index (κ3) is 2.20. The smallest absolute Gasteiger partial charge is 0.392 e. The highest BCUT2D eigenvalue weighted by molar-refractivity contribution is 5.54. The number of benzene rings is 1. The maximum atomic E-state index is 11.3. The van der Waals surface area contributed by atoms with Gasteiger partial charge < -0.3 is 14.9 Å². The molecule has 6 heteroatoms. The number of aryl methyl sites for hydroxylation is 1. The minimum atomic E-state index is -0.486. The van der Waals surface area contributed by atoms with Crippen molar-refractivity contribution in [1.29, 1.82) is 0 Å². The minimum Gasteiger partial charge on any atom is -0.432 e. The van der Waals surface area contributed by atoms with Crippen LogP contribution in [0, 0.1) is 24.0 Å². The van der Waals surface area contributed by atoms with E-state index in [1.807, 2.05) is 26.0 Å². The molecule has 0 saturated carbocycles. The number of rotatable bonds is 3. The average molecular weight is 283 g/mol. The summed E-state index contributed by atoms with van der Waals surface area (Å²) in [6, 6.07) is 10.8. The Morgan fingerprint density at radius 3 is 2.76 bits per heavy atom. The lowest BCUT2D eigenvalue weighted by molar-refractivity contribution is -0.391. The number of aromatic nitrogens is 2. The fourth-order valence-electron chi connectivity index (χ4n) is 2.13. The molecule has 0 N–H and O–H groups in total. The van der Waals surface area contributed by atoms with E-state index in [4.69, 9.17) is 4.74 Å². The first kappa shape index (κ1) is 13.1. The molecule has 6 nitrogen and oxygen atoms in total. The van der Waals surface area contributed by atoms with Crippen LogP contribution in [0.3, 0.4) is 0 Å². The predicted octanol–water partition coefficient (Wildman–Crippen LogP) is 3.65. The highest BCUT2D eigenvalue weighted by atomic mass is 16.6. The molecule has 0 unspecified atom stereocenters. The standard InChI is InChI=1S/C15H13N3O3/c1-10-6-5-7-12(11(10)2)21-14-15(18(19)20)17-9-4-3-8-13(17)16-14/h3-9H,1-2H3. The van der Waals surface area contributed by atoms with Crippen molar-refractivity contribution in [2.75, 3.05) is 0 Å². The minimum absolute atomic E-state index is 0.0000926. The van der Waals surface area contributed by atoms with Gasteiger partial charge in [-0.2, -0.15) is 9.38 Å². The van der Waals surface area contributed by atoms with Gasteiger partial charge in [0.25, 0.3) is 0 Å². The lowest BCUT2D eigenvalue weighted by Gasteiger charge is -2.07. The summed E-state index contributed by atoms with van der Waals surface area (Å²) in [7, 11) is 0. The van der Waals surface area contributed by atoms with Gasteiger partial charge in [0.05, 0.1) is 6.20 Å². The van der Waals surface area contributed by atoms with Gasteiger partial charge in [-0.05, 0) is 42.0 Å². The SMILES string of the molecule is Cc1cccc(Oc2nc3ccccn3c2[N+](=O)[O-])c1C. The van der Waals surface area contributed by atoms with E-state index in [0.717, 1.165) is 11.1 Å². The van der Waals surface area contributed by atoms with Crippen molar-refractivity contribution < 1.29 is 9.66 Å². The van der Waals surface area contributed by atoms with Gasteiger partial charge in [-0.25, -0.2) is 0 Å². The first-order valence-electron chi connectivity index (χ1n) is 6.43. The molecule has 0 radical (unpaired) electrons. The fraction of sp³-hybridized carbons (Fsp3) is 0.133. The van der Waals surface area contributed by atoms with Crippen LogP contribution in [0.1, 0.15) is 11.1 Å². The second-order valence-corrected chi connectivity index (χ2v) is 4.73. The summed E-state index contributed by atoms with van der Waals surface area (Å²) < 4.78 is 7.10. The van der Waals surface area contributed by atoms with Crippen LogP contribution in [-0.2, 0) is 0 Å². The number of imidazole rings is 1. The van der Waals surface area contributed by atoms with Crippen LogP contribution in [-0.4, -0.2) is 14.3 Å². The quantitative estimate of drug-likeness (QED) is 0.543. The number of ether oxygens (including phenoxy) is 1.